The Kier molecular flexibility index (Phi) is 3.48. The molecule has 0 aliphatic rings. The maximum atomic E-state index is 4.21. The van der Waals surface area contributed by atoms with E-state index in [0.717, 1.165) is 0 Å². The highest BCUT2D eigenvalue weighted by molar-refractivity contribution is 7.80. The van der Waals surface area contributed by atoms with Crippen molar-refractivity contribution in [2.24, 2.45) is 5.92 Å². The maximum Gasteiger partial charge on any atom is 0.0523 e. The van der Waals surface area contributed by atoms with E-state index in [9.17, 15) is 0 Å². The minimum Gasteiger partial charge on any atom is -0.308 e. The lowest BCUT2D eigenvalue weighted by Crippen LogP contribution is -2.23. The maximum absolute atomic E-state index is 4.21. The number of nitrogens with one attached hydrogen (secondary N) is 1. The van der Waals surface area contributed by atoms with Crippen LogP contribution in [0.4, 0.5) is 0 Å². The molecule has 1 atom stereocenters. The Bertz CT molecular complexity index is 45.3. The van der Waals surface area contributed by atoms with Gasteiger partial charge in [0.25, 0.3) is 0 Å². The van der Waals surface area contributed by atoms with E-state index in [1.54, 1.807) is 0 Å². The van der Waals surface area contributed by atoms with Gasteiger partial charge in [-0.05, 0) is 13.0 Å². The number of thiol groups is 1. The van der Waals surface area contributed by atoms with E-state index in [2.05, 4.69) is 31.8 Å². The van der Waals surface area contributed by atoms with Gasteiger partial charge in [-0.15, -0.1) is 0 Å². The lowest BCUT2D eigenvalue weighted by Gasteiger charge is -2.11. The first-order chi connectivity index (χ1) is 3.18. The lowest BCUT2D eigenvalue weighted by atomic mass is 10.2. The van der Waals surface area contributed by atoms with E-state index in [-0.39, 0.29) is 0 Å². The summed E-state index contributed by atoms with van der Waals surface area (Å²) in [4.78, 5) is 0. The van der Waals surface area contributed by atoms with Crippen molar-refractivity contribution in [1.82, 2.24) is 5.32 Å². The third-order valence-electron chi connectivity index (χ3n) is 0.927. The highest BCUT2D eigenvalue weighted by Gasteiger charge is 2.01. The number of rotatable bonds is 2. The van der Waals surface area contributed by atoms with Gasteiger partial charge in [-0.1, -0.05) is 13.8 Å². The van der Waals surface area contributed by atoms with Crippen LogP contribution in [0.25, 0.3) is 0 Å². The molecule has 0 saturated carbocycles. The van der Waals surface area contributed by atoms with Crippen molar-refractivity contribution in [3.8, 4) is 0 Å². The molecular formula is C5H13NS. The summed E-state index contributed by atoms with van der Waals surface area (Å²) in [7, 11) is 1.91. The molecule has 2 heteroatoms. The van der Waals surface area contributed by atoms with Gasteiger partial charge in [0, 0.05) is 0 Å². The average molecular weight is 119 g/mol. The second-order valence-electron chi connectivity index (χ2n) is 1.98. The van der Waals surface area contributed by atoms with Gasteiger partial charge in [-0.2, -0.15) is 12.6 Å². The fourth-order valence-corrected chi connectivity index (χ4v) is 0.333. The highest BCUT2D eigenvalue weighted by Crippen LogP contribution is 2.02. The van der Waals surface area contributed by atoms with Gasteiger partial charge in [0.1, 0.15) is 0 Å². The van der Waals surface area contributed by atoms with Crippen molar-refractivity contribution in [2.45, 2.75) is 19.2 Å². The zero-order chi connectivity index (χ0) is 5.86. The standard InChI is InChI=1S/C5H13NS/c1-4(2)5(7)6-3/h4-7H,1-3H3. The summed E-state index contributed by atoms with van der Waals surface area (Å²) in [5, 5.41) is 3.38. The molecule has 0 heterocycles. The van der Waals surface area contributed by atoms with Crippen molar-refractivity contribution in [2.75, 3.05) is 7.05 Å². The Morgan fingerprint density at radius 2 is 1.86 bits per heavy atom. The molecule has 0 aromatic heterocycles. The topological polar surface area (TPSA) is 12.0 Å². The Labute approximate surface area is 50.9 Å². The molecule has 0 aliphatic heterocycles. The molecular weight excluding hydrogens is 106 g/mol. The van der Waals surface area contributed by atoms with Crippen molar-refractivity contribution in [3.63, 3.8) is 0 Å². The van der Waals surface area contributed by atoms with Crippen LogP contribution in [0, 0.1) is 5.92 Å². The first kappa shape index (κ1) is 7.31. The molecule has 0 aromatic carbocycles. The van der Waals surface area contributed by atoms with Crippen LogP contribution >= 0.6 is 12.6 Å². The van der Waals surface area contributed by atoms with Crippen LogP contribution < -0.4 is 5.32 Å². The van der Waals surface area contributed by atoms with Gasteiger partial charge < -0.3 is 5.32 Å². The van der Waals surface area contributed by atoms with Crippen LogP contribution in [0.1, 0.15) is 13.8 Å². The number of hydrogen-bond donors (Lipinski definition) is 2. The second kappa shape index (κ2) is 3.33. The predicted molar refractivity (Wildman–Crippen MR) is 36.7 cm³/mol. The molecule has 0 bridgehead atoms. The fourth-order valence-electron chi connectivity index (χ4n) is 0.333. The Morgan fingerprint density at radius 3 is 1.86 bits per heavy atom. The Hall–Kier alpha value is 0.310. The first-order valence-electron chi connectivity index (χ1n) is 2.53. The minimum absolute atomic E-state index is 0.347. The molecule has 0 fully saturated rings. The van der Waals surface area contributed by atoms with Crippen LogP contribution in [0.15, 0.2) is 0 Å². The van der Waals surface area contributed by atoms with E-state index in [4.69, 9.17) is 0 Å². The summed E-state index contributed by atoms with van der Waals surface area (Å²) in [5.41, 5.74) is 0. The van der Waals surface area contributed by atoms with E-state index in [1.165, 1.54) is 0 Å². The average Bonchev–Trinajstić information content (AvgIpc) is 1.65. The summed E-state index contributed by atoms with van der Waals surface area (Å²) in [6.07, 6.45) is 0. The molecule has 0 rings (SSSR count). The molecule has 7 heavy (non-hydrogen) atoms. The van der Waals surface area contributed by atoms with Gasteiger partial charge in [0.2, 0.25) is 0 Å². The number of hydrogen-bond acceptors (Lipinski definition) is 2. The molecule has 0 aliphatic carbocycles. The quantitative estimate of drug-likeness (QED) is 0.410. The minimum atomic E-state index is 0.347. The molecule has 1 unspecified atom stereocenters. The zero-order valence-electron chi connectivity index (χ0n) is 5.10. The smallest absolute Gasteiger partial charge is 0.0523 e. The second-order valence-corrected chi connectivity index (χ2v) is 2.53. The van der Waals surface area contributed by atoms with Crippen LogP contribution in [-0.4, -0.2) is 12.4 Å². The molecule has 0 amide bonds. The molecule has 0 aromatic rings. The summed E-state index contributed by atoms with van der Waals surface area (Å²) >= 11 is 4.21. The summed E-state index contributed by atoms with van der Waals surface area (Å²) < 4.78 is 0. The van der Waals surface area contributed by atoms with Gasteiger partial charge in [0.05, 0.1) is 5.37 Å². The van der Waals surface area contributed by atoms with Crippen LogP contribution in [0.5, 0.6) is 0 Å². The molecule has 1 N–H and O–H groups in total. The van der Waals surface area contributed by atoms with Gasteiger partial charge in [-0.25, -0.2) is 0 Å². The summed E-state index contributed by atoms with van der Waals surface area (Å²) in [5.74, 6) is 0.619. The third-order valence-corrected chi connectivity index (χ3v) is 1.78. The van der Waals surface area contributed by atoms with Crippen molar-refractivity contribution in [3.05, 3.63) is 0 Å². The van der Waals surface area contributed by atoms with Crippen LogP contribution in [-0.2, 0) is 0 Å². The fraction of sp³-hybridized carbons (Fsp3) is 1.00. The SMILES string of the molecule is CNC(S)C(C)C. The van der Waals surface area contributed by atoms with E-state index < -0.39 is 0 Å². The molecule has 0 radical (unpaired) electrons. The monoisotopic (exact) mass is 119 g/mol. The molecule has 0 saturated heterocycles. The predicted octanol–water partition coefficient (Wildman–Crippen LogP) is 1.12. The van der Waals surface area contributed by atoms with Gasteiger partial charge in [-0.3, -0.25) is 0 Å². The summed E-state index contributed by atoms with van der Waals surface area (Å²) in [6.45, 7) is 4.27. The Balaban J connectivity index is 3.14. The van der Waals surface area contributed by atoms with Gasteiger partial charge in [0.15, 0.2) is 0 Å². The van der Waals surface area contributed by atoms with Crippen molar-refractivity contribution < 1.29 is 0 Å². The summed E-state index contributed by atoms with van der Waals surface area (Å²) in [6, 6.07) is 0. The van der Waals surface area contributed by atoms with Crippen molar-refractivity contribution >= 4 is 12.6 Å². The highest BCUT2D eigenvalue weighted by atomic mass is 32.1. The van der Waals surface area contributed by atoms with Gasteiger partial charge >= 0.3 is 0 Å². The largest absolute Gasteiger partial charge is 0.308 e. The Morgan fingerprint density at radius 1 is 1.43 bits per heavy atom. The van der Waals surface area contributed by atoms with E-state index in [1.807, 2.05) is 7.05 Å². The van der Waals surface area contributed by atoms with Crippen LogP contribution in [0.2, 0.25) is 0 Å². The van der Waals surface area contributed by atoms with Crippen molar-refractivity contribution in [1.29, 1.82) is 0 Å². The normalized spacial score (nSPS) is 15.0. The zero-order valence-corrected chi connectivity index (χ0v) is 6.00. The molecule has 1 nitrogen and oxygen atoms in total. The third kappa shape index (κ3) is 2.94. The van der Waals surface area contributed by atoms with E-state index >= 15 is 0 Å². The molecule has 0 spiro atoms. The van der Waals surface area contributed by atoms with Crippen LogP contribution in [0.3, 0.4) is 0 Å². The lowest BCUT2D eigenvalue weighted by molar-refractivity contribution is 0.556. The molecule has 44 valence electrons. The first-order valence-corrected chi connectivity index (χ1v) is 3.05. The van der Waals surface area contributed by atoms with E-state index in [0.29, 0.717) is 11.3 Å².